The predicted molar refractivity (Wildman–Crippen MR) is 80.7 cm³/mol. The molecule has 1 aliphatic heterocycles. The van der Waals surface area contributed by atoms with E-state index in [1.165, 1.54) is 10.6 Å². The molecule has 19 heavy (non-hydrogen) atoms. The van der Waals surface area contributed by atoms with Gasteiger partial charge in [0.25, 0.3) is 0 Å². The molecule has 2 rings (SSSR count). The summed E-state index contributed by atoms with van der Waals surface area (Å²) in [6.45, 7) is 4.53. The molecule has 1 aromatic rings. The normalized spacial score (nSPS) is 17.4. The van der Waals surface area contributed by atoms with Crippen molar-refractivity contribution < 1.29 is 4.79 Å². The van der Waals surface area contributed by atoms with Crippen LogP contribution in [-0.4, -0.2) is 62.3 Å². The van der Waals surface area contributed by atoms with Crippen LogP contribution in [0.15, 0.2) is 29.2 Å². The first-order valence-electron chi connectivity index (χ1n) is 6.55. The van der Waals surface area contributed by atoms with E-state index in [9.17, 15) is 4.79 Å². The molecule has 0 spiro atoms. The molecule has 0 unspecified atom stereocenters. The highest BCUT2D eigenvalue weighted by Gasteiger charge is 2.17. The van der Waals surface area contributed by atoms with Gasteiger partial charge in [0.15, 0.2) is 0 Å². The van der Waals surface area contributed by atoms with Crippen molar-refractivity contribution in [3.05, 3.63) is 24.3 Å². The van der Waals surface area contributed by atoms with Gasteiger partial charge < -0.3 is 9.69 Å². The largest absolute Gasteiger partial charge is 0.378 e. The van der Waals surface area contributed by atoms with Gasteiger partial charge in [-0.25, -0.2) is 4.31 Å². The van der Waals surface area contributed by atoms with Crippen LogP contribution in [0.2, 0.25) is 0 Å². The molecule has 0 atom stereocenters. The standard InChI is InChI=1S/C14H21N3OS/c1-15(2)13-3-5-14(6-4-13)19-17-9-7-16(8-10-17)11-12-18/h3-6,12H,7-11H2,1-2H3. The molecule has 1 saturated heterocycles. The molecule has 1 heterocycles. The molecule has 1 aromatic carbocycles. The zero-order valence-electron chi connectivity index (χ0n) is 11.6. The summed E-state index contributed by atoms with van der Waals surface area (Å²) in [5.74, 6) is 0. The Kier molecular flexibility index (Phi) is 5.24. The first-order valence-corrected chi connectivity index (χ1v) is 7.32. The van der Waals surface area contributed by atoms with Crippen LogP contribution in [-0.2, 0) is 4.79 Å². The number of rotatable bonds is 5. The summed E-state index contributed by atoms with van der Waals surface area (Å²) in [6, 6.07) is 8.62. The van der Waals surface area contributed by atoms with Gasteiger partial charge in [-0.1, -0.05) is 0 Å². The summed E-state index contributed by atoms with van der Waals surface area (Å²) >= 11 is 1.80. The molecule has 1 aliphatic rings. The van der Waals surface area contributed by atoms with Crippen molar-refractivity contribution in [3.8, 4) is 0 Å². The second-order valence-corrected chi connectivity index (χ2v) is 6.05. The van der Waals surface area contributed by atoms with Gasteiger partial charge in [0.1, 0.15) is 6.29 Å². The molecule has 0 amide bonds. The predicted octanol–water partition coefficient (Wildman–Crippen LogP) is 1.58. The van der Waals surface area contributed by atoms with Crippen LogP contribution < -0.4 is 4.90 Å². The topological polar surface area (TPSA) is 26.8 Å². The molecule has 0 radical (unpaired) electrons. The fourth-order valence-electron chi connectivity index (χ4n) is 2.06. The van der Waals surface area contributed by atoms with Gasteiger partial charge in [-0.15, -0.1) is 0 Å². The molecule has 0 aliphatic carbocycles. The van der Waals surface area contributed by atoms with Crippen LogP contribution in [0.3, 0.4) is 0 Å². The highest BCUT2D eigenvalue weighted by molar-refractivity contribution is 7.97. The number of carbonyl (C=O) groups excluding carboxylic acids is 1. The molecular weight excluding hydrogens is 258 g/mol. The van der Waals surface area contributed by atoms with Crippen LogP contribution in [0, 0.1) is 0 Å². The van der Waals surface area contributed by atoms with E-state index in [0.717, 1.165) is 32.5 Å². The van der Waals surface area contributed by atoms with E-state index in [4.69, 9.17) is 0 Å². The average Bonchev–Trinajstić information content (AvgIpc) is 2.42. The molecule has 0 N–H and O–H groups in total. The lowest BCUT2D eigenvalue weighted by atomic mass is 10.3. The Bertz CT molecular complexity index is 400. The van der Waals surface area contributed by atoms with Crippen LogP contribution in [0.1, 0.15) is 0 Å². The van der Waals surface area contributed by atoms with E-state index < -0.39 is 0 Å². The van der Waals surface area contributed by atoms with Crippen molar-refractivity contribution in [1.82, 2.24) is 9.21 Å². The summed E-state index contributed by atoms with van der Waals surface area (Å²) in [6.07, 6.45) is 0.989. The van der Waals surface area contributed by atoms with E-state index in [2.05, 4.69) is 52.5 Å². The number of aldehydes is 1. The number of piperazine rings is 1. The minimum atomic E-state index is 0.566. The number of carbonyl (C=O) groups is 1. The molecule has 0 saturated carbocycles. The maximum Gasteiger partial charge on any atom is 0.133 e. The lowest BCUT2D eigenvalue weighted by Crippen LogP contribution is -2.43. The quantitative estimate of drug-likeness (QED) is 0.602. The Morgan fingerprint density at radius 1 is 1.16 bits per heavy atom. The zero-order chi connectivity index (χ0) is 13.7. The number of anilines is 1. The maximum absolute atomic E-state index is 10.5. The van der Waals surface area contributed by atoms with E-state index in [1.54, 1.807) is 11.9 Å². The fourth-order valence-corrected chi connectivity index (χ4v) is 2.96. The van der Waals surface area contributed by atoms with Gasteiger partial charge in [0.05, 0.1) is 6.54 Å². The summed E-state index contributed by atoms with van der Waals surface area (Å²) in [7, 11) is 4.10. The van der Waals surface area contributed by atoms with Gasteiger partial charge in [0.2, 0.25) is 0 Å². The van der Waals surface area contributed by atoms with Crippen LogP contribution >= 0.6 is 11.9 Å². The maximum atomic E-state index is 10.5. The molecule has 104 valence electrons. The van der Waals surface area contributed by atoms with Crippen LogP contribution in [0.4, 0.5) is 5.69 Å². The Balaban J connectivity index is 1.83. The van der Waals surface area contributed by atoms with Crippen molar-refractivity contribution in [3.63, 3.8) is 0 Å². The third-order valence-electron chi connectivity index (χ3n) is 3.25. The molecule has 0 aromatic heterocycles. The fraction of sp³-hybridized carbons (Fsp3) is 0.500. The average molecular weight is 279 g/mol. The van der Waals surface area contributed by atoms with Gasteiger partial charge in [-0.05, 0) is 36.2 Å². The molecule has 0 bridgehead atoms. The Morgan fingerprint density at radius 2 is 1.79 bits per heavy atom. The summed E-state index contributed by atoms with van der Waals surface area (Å²) in [5, 5.41) is 0. The summed E-state index contributed by atoms with van der Waals surface area (Å²) in [5.41, 5.74) is 1.22. The first-order chi connectivity index (χ1) is 9.19. The molecule has 5 heteroatoms. The number of hydrogen-bond donors (Lipinski definition) is 0. The molecule has 4 nitrogen and oxygen atoms in total. The minimum absolute atomic E-state index is 0.566. The van der Waals surface area contributed by atoms with Gasteiger partial charge in [0, 0.05) is 50.9 Å². The lowest BCUT2D eigenvalue weighted by molar-refractivity contribution is -0.109. The second kappa shape index (κ2) is 6.93. The Morgan fingerprint density at radius 3 is 2.32 bits per heavy atom. The van der Waals surface area contributed by atoms with Gasteiger partial charge >= 0.3 is 0 Å². The zero-order valence-corrected chi connectivity index (χ0v) is 12.4. The monoisotopic (exact) mass is 279 g/mol. The second-order valence-electron chi connectivity index (χ2n) is 4.88. The summed E-state index contributed by atoms with van der Waals surface area (Å²) in [4.78, 5) is 16.0. The van der Waals surface area contributed by atoms with Crippen LogP contribution in [0.25, 0.3) is 0 Å². The smallest absolute Gasteiger partial charge is 0.133 e. The van der Waals surface area contributed by atoms with Crippen molar-refractivity contribution in [2.45, 2.75) is 4.90 Å². The highest BCUT2D eigenvalue weighted by Crippen LogP contribution is 2.25. The van der Waals surface area contributed by atoms with Crippen molar-refractivity contribution in [2.75, 3.05) is 51.7 Å². The van der Waals surface area contributed by atoms with Crippen molar-refractivity contribution in [2.24, 2.45) is 0 Å². The number of nitrogens with zero attached hydrogens (tertiary/aromatic N) is 3. The SMILES string of the molecule is CN(C)c1ccc(SN2CCN(CC=O)CC2)cc1. The molecule has 1 fully saturated rings. The third-order valence-corrected chi connectivity index (χ3v) is 4.36. The Labute approximate surface area is 119 Å². The van der Waals surface area contributed by atoms with Crippen molar-refractivity contribution >= 4 is 23.9 Å². The highest BCUT2D eigenvalue weighted by atomic mass is 32.2. The summed E-state index contributed by atoms with van der Waals surface area (Å²) < 4.78 is 2.37. The van der Waals surface area contributed by atoms with E-state index in [0.29, 0.717) is 6.54 Å². The van der Waals surface area contributed by atoms with E-state index in [1.807, 2.05) is 0 Å². The lowest BCUT2D eigenvalue weighted by Gasteiger charge is -2.32. The Hall–Kier alpha value is -1.04. The van der Waals surface area contributed by atoms with Gasteiger partial charge in [-0.3, -0.25) is 4.90 Å². The minimum Gasteiger partial charge on any atom is -0.378 e. The third kappa shape index (κ3) is 4.23. The van der Waals surface area contributed by atoms with E-state index >= 15 is 0 Å². The number of benzene rings is 1. The molecular formula is C14H21N3OS. The number of hydrogen-bond acceptors (Lipinski definition) is 5. The van der Waals surface area contributed by atoms with Crippen LogP contribution in [0.5, 0.6) is 0 Å². The van der Waals surface area contributed by atoms with Crippen molar-refractivity contribution in [1.29, 1.82) is 0 Å². The van der Waals surface area contributed by atoms with E-state index in [-0.39, 0.29) is 0 Å². The van der Waals surface area contributed by atoms with Gasteiger partial charge in [-0.2, -0.15) is 0 Å². The first kappa shape index (κ1) is 14.4.